The van der Waals surface area contributed by atoms with E-state index < -0.39 is 0 Å². The Balaban J connectivity index is 1.53. The van der Waals surface area contributed by atoms with E-state index in [-0.39, 0.29) is 11.7 Å². The molecule has 184 valence electrons. The summed E-state index contributed by atoms with van der Waals surface area (Å²) >= 11 is 6.34. The molecule has 3 aromatic carbocycles. The lowest BCUT2D eigenvalue weighted by Crippen LogP contribution is -2.03. The van der Waals surface area contributed by atoms with E-state index >= 15 is 0 Å². The van der Waals surface area contributed by atoms with Crippen LogP contribution in [0.25, 0.3) is 11.8 Å². The maximum Gasteiger partial charge on any atom is 0.185 e. The minimum Gasteiger partial charge on any atom is -0.496 e. The van der Waals surface area contributed by atoms with Gasteiger partial charge in [-0.1, -0.05) is 49.7 Å². The fourth-order valence-corrected chi connectivity index (χ4v) is 4.18. The lowest BCUT2D eigenvalue weighted by atomic mass is 10.0. The molecule has 0 spiro atoms. The van der Waals surface area contributed by atoms with Crippen LogP contribution in [-0.2, 0) is 6.61 Å². The van der Waals surface area contributed by atoms with Gasteiger partial charge in [0, 0.05) is 34.2 Å². The van der Waals surface area contributed by atoms with Crippen LogP contribution in [0.15, 0.2) is 85.2 Å². The molecule has 0 unspecified atom stereocenters. The molecule has 0 bridgehead atoms. The summed E-state index contributed by atoms with van der Waals surface area (Å²) in [4.78, 5) is 12.9. The number of allylic oxidation sites excluding steroid dienone is 1. The van der Waals surface area contributed by atoms with Crippen molar-refractivity contribution in [3.63, 3.8) is 0 Å². The van der Waals surface area contributed by atoms with Crippen LogP contribution in [0.2, 0.25) is 5.02 Å². The number of hydrogen-bond acceptors (Lipinski definition) is 3. The highest BCUT2D eigenvalue weighted by atomic mass is 35.5. The van der Waals surface area contributed by atoms with Gasteiger partial charge in [-0.15, -0.1) is 0 Å². The number of aromatic nitrogens is 1. The van der Waals surface area contributed by atoms with Crippen LogP contribution in [0.4, 0.5) is 0 Å². The lowest BCUT2D eigenvalue weighted by Gasteiger charge is -2.17. The fourth-order valence-electron chi connectivity index (χ4n) is 4.01. The van der Waals surface area contributed by atoms with E-state index in [0.717, 1.165) is 44.5 Å². The highest BCUT2D eigenvalue weighted by molar-refractivity contribution is 6.31. The second-order valence-electron chi connectivity index (χ2n) is 8.99. The molecular formula is C31H30ClNO3. The van der Waals surface area contributed by atoms with Crippen LogP contribution in [0.3, 0.4) is 0 Å². The maximum absolute atomic E-state index is 12.9. The van der Waals surface area contributed by atoms with Crippen molar-refractivity contribution in [3.05, 3.63) is 118 Å². The summed E-state index contributed by atoms with van der Waals surface area (Å²) in [5.41, 5.74) is 5.40. The Bertz CT molecular complexity index is 1390. The Morgan fingerprint density at radius 1 is 1.00 bits per heavy atom. The second kappa shape index (κ2) is 11.3. The van der Waals surface area contributed by atoms with Gasteiger partial charge >= 0.3 is 0 Å². The van der Waals surface area contributed by atoms with Crippen molar-refractivity contribution in [2.45, 2.75) is 33.3 Å². The van der Waals surface area contributed by atoms with Gasteiger partial charge < -0.3 is 14.0 Å². The number of ether oxygens (including phenoxy) is 2. The van der Waals surface area contributed by atoms with Gasteiger partial charge in [-0.3, -0.25) is 4.79 Å². The molecule has 4 rings (SSSR count). The molecule has 0 saturated carbocycles. The van der Waals surface area contributed by atoms with E-state index in [9.17, 15) is 4.79 Å². The molecule has 4 nitrogen and oxygen atoms in total. The van der Waals surface area contributed by atoms with Crippen LogP contribution in [0, 0.1) is 6.92 Å². The summed E-state index contributed by atoms with van der Waals surface area (Å²) in [6.07, 6.45) is 7.33. The molecule has 36 heavy (non-hydrogen) atoms. The Morgan fingerprint density at radius 2 is 1.78 bits per heavy atom. The highest BCUT2D eigenvalue weighted by Gasteiger charge is 2.13. The number of rotatable bonds is 9. The minimum absolute atomic E-state index is 0.0594. The Labute approximate surface area is 217 Å². The third-order valence-electron chi connectivity index (χ3n) is 6.06. The summed E-state index contributed by atoms with van der Waals surface area (Å²) in [5.74, 6) is 1.76. The van der Waals surface area contributed by atoms with Gasteiger partial charge in [-0.2, -0.15) is 0 Å². The molecule has 0 radical (unpaired) electrons. The molecule has 1 aromatic heterocycles. The van der Waals surface area contributed by atoms with Crippen molar-refractivity contribution < 1.29 is 14.3 Å². The monoisotopic (exact) mass is 499 g/mol. The highest BCUT2D eigenvalue weighted by Crippen LogP contribution is 2.33. The number of carbonyl (C=O) groups is 1. The van der Waals surface area contributed by atoms with Crippen LogP contribution >= 0.6 is 11.6 Å². The fraction of sp³-hybridized carbons (Fsp3) is 0.194. The number of benzene rings is 3. The third kappa shape index (κ3) is 5.89. The number of methoxy groups -OCH3 is 1. The van der Waals surface area contributed by atoms with Crippen molar-refractivity contribution in [2.75, 3.05) is 7.11 Å². The van der Waals surface area contributed by atoms with Crippen LogP contribution in [-0.4, -0.2) is 17.5 Å². The summed E-state index contributed by atoms with van der Waals surface area (Å²) in [7, 11) is 1.64. The molecular weight excluding hydrogens is 470 g/mol. The predicted octanol–water partition coefficient (Wildman–Crippen LogP) is 8.05. The third-order valence-corrected chi connectivity index (χ3v) is 6.47. The Morgan fingerprint density at radius 3 is 2.50 bits per heavy atom. The van der Waals surface area contributed by atoms with Crippen molar-refractivity contribution in [1.82, 2.24) is 4.57 Å². The first-order valence-electron chi connectivity index (χ1n) is 11.9. The maximum atomic E-state index is 12.9. The van der Waals surface area contributed by atoms with Crippen molar-refractivity contribution in [3.8, 4) is 17.2 Å². The smallest absolute Gasteiger partial charge is 0.185 e. The molecule has 0 aliphatic rings. The van der Waals surface area contributed by atoms with Gasteiger partial charge in [0.15, 0.2) is 5.78 Å². The molecule has 0 fully saturated rings. The normalized spacial score (nSPS) is 11.3. The second-order valence-corrected chi connectivity index (χ2v) is 9.40. The molecule has 5 heteroatoms. The van der Waals surface area contributed by atoms with Crippen LogP contribution < -0.4 is 9.47 Å². The van der Waals surface area contributed by atoms with Gasteiger partial charge in [-0.25, -0.2) is 0 Å². The quantitative estimate of drug-likeness (QED) is 0.173. The standard InChI is InChI=1S/C31H30ClNO3/c1-21(2)27-19-28(32)22(3)16-31(27)36-20-25-17-23(11-13-30(25)35-4)10-12-29(34)24-8-7-9-26(18-24)33-14-5-6-15-33/h5-19,21H,20H2,1-4H3/b12-10+. The molecule has 0 N–H and O–H groups in total. The van der Waals surface area contributed by atoms with Crippen LogP contribution in [0.1, 0.15) is 52.4 Å². The number of aryl methyl sites for hydroxylation is 1. The first kappa shape index (κ1) is 25.3. The first-order valence-corrected chi connectivity index (χ1v) is 12.3. The van der Waals surface area contributed by atoms with Gasteiger partial charge in [0.05, 0.1) is 7.11 Å². The van der Waals surface area contributed by atoms with Gasteiger partial charge in [0.25, 0.3) is 0 Å². The van der Waals surface area contributed by atoms with E-state index in [2.05, 4.69) is 13.8 Å². The number of hydrogen-bond donors (Lipinski definition) is 0. The van der Waals surface area contributed by atoms with Crippen molar-refractivity contribution in [1.29, 1.82) is 0 Å². The SMILES string of the molecule is COc1ccc(/C=C/C(=O)c2cccc(-n3cccc3)c2)cc1COc1cc(C)c(Cl)cc1C(C)C. The van der Waals surface area contributed by atoms with Crippen molar-refractivity contribution in [2.24, 2.45) is 0 Å². The van der Waals surface area contributed by atoms with Crippen molar-refractivity contribution >= 4 is 23.5 Å². The Kier molecular flexibility index (Phi) is 7.97. The van der Waals surface area contributed by atoms with Crippen LogP contribution in [0.5, 0.6) is 11.5 Å². The molecule has 0 atom stereocenters. The minimum atomic E-state index is -0.0594. The number of carbonyl (C=O) groups excluding carboxylic acids is 1. The topological polar surface area (TPSA) is 40.5 Å². The largest absolute Gasteiger partial charge is 0.496 e. The molecule has 4 aromatic rings. The Hall–Kier alpha value is -3.76. The zero-order valence-corrected chi connectivity index (χ0v) is 21.8. The summed E-state index contributed by atoms with van der Waals surface area (Å²) < 4.78 is 13.8. The number of nitrogens with zero attached hydrogens (tertiary/aromatic N) is 1. The predicted molar refractivity (Wildman–Crippen MR) is 147 cm³/mol. The van der Waals surface area contributed by atoms with E-state index in [4.69, 9.17) is 21.1 Å². The lowest BCUT2D eigenvalue weighted by molar-refractivity contribution is 0.104. The average molecular weight is 500 g/mol. The van der Waals surface area contributed by atoms with E-state index in [1.54, 1.807) is 13.2 Å². The molecule has 0 saturated heterocycles. The zero-order valence-electron chi connectivity index (χ0n) is 21.0. The van der Waals surface area contributed by atoms with Gasteiger partial charge in [0.1, 0.15) is 18.1 Å². The zero-order chi connectivity index (χ0) is 25.7. The van der Waals surface area contributed by atoms with E-state index in [1.165, 1.54) is 0 Å². The summed E-state index contributed by atoms with van der Waals surface area (Å²) in [5, 5.41) is 0.735. The van der Waals surface area contributed by atoms with Gasteiger partial charge in [-0.05, 0) is 84.1 Å². The molecule has 1 heterocycles. The first-order chi connectivity index (χ1) is 17.4. The van der Waals surface area contributed by atoms with E-state index in [1.807, 2.05) is 96.7 Å². The number of ketones is 1. The molecule has 0 amide bonds. The summed E-state index contributed by atoms with van der Waals surface area (Å²) in [6, 6.07) is 21.3. The van der Waals surface area contributed by atoms with E-state index in [0.29, 0.717) is 12.2 Å². The molecule has 0 aliphatic carbocycles. The summed E-state index contributed by atoms with van der Waals surface area (Å²) in [6.45, 7) is 6.53. The van der Waals surface area contributed by atoms with Gasteiger partial charge in [0.2, 0.25) is 0 Å². The molecule has 0 aliphatic heterocycles. The average Bonchev–Trinajstić information content (AvgIpc) is 3.43. The number of halogens is 1.